The van der Waals surface area contributed by atoms with Gasteiger partial charge in [-0.05, 0) is 97.6 Å². The lowest BCUT2D eigenvalue weighted by molar-refractivity contribution is -0.288. The highest BCUT2D eigenvalue weighted by molar-refractivity contribution is 5.50. The molecule has 282 valence electrons. The molecule has 7 rings (SSSR count). The standard InChI is InChI=1S/C41H64O9/c1-5-7-15-28-18-12-10-14-26(4)40(50-41-39(48)38(47)35(46)24-49-41)30-22-33(44)37(34(45)23-30)29(16-8-6-2)17-11-9-13-25(3)19-27-20-31(42)36(28)32(43)21-27/h20-23,25-26,28-29,35,38-48H,5-19,24H2,1-4H3. The van der Waals surface area contributed by atoms with Crippen molar-refractivity contribution >= 4 is 0 Å². The SMILES string of the molecule is CCCCC1CCCCC(C)Cc2cc(O)c(c(O)c2)C(CCCC)CCCCC(C)C(OC2OCC(O)C(O)C2O)c2cc(O)c1c(O)c2. The van der Waals surface area contributed by atoms with E-state index in [9.17, 15) is 35.7 Å². The van der Waals surface area contributed by atoms with E-state index in [1.165, 1.54) is 0 Å². The van der Waals surface area contributed by atoms with Crippen molar-refractivity contribution in [2.24, 2.45) is 11.8 Å². The van der Waals surface area contributed by atoms with Crippen LogP contribution < -0.4 is 0 Å². The number of aliphatic hydroxyl groups excluding tert-OH is 3. The van der Waals surface area contributed by atoms with Gasteiger partial charge in [-0.2, -0.15) is 0 Å². The number of unbranched alkanes of at least 4 members (excludes halogenated alkanes) is 2. The molecule has 7 N–H and O–H groups in total. The summed E-state index contributed by atoms with van der Waals surface area (Å²) < 4.78 is 12.0. The van der Waals surface area contributed by atoms with Gasteiger partial charge in [-0.1, -0.05) is 85.5 Å². The molecule has 4 bridgehead atoms. The molecular formula is C41H64O9. The second-order valence-electron chi connectivity index (χ2n) is 15.4. The van der Waals surface area contributed by atoms with Gasteiger partial charge in [0, 0.05) is 11.1 Å². The molecule has 5 aliphatic rings. The second kappa shape index (κ2) is 19.3. The minimum absolute atomic E-state index is 0.0161. The van der Waals surface area contributed by atoms with E-state index in [2.05, 4.69) is 20.8 Å². The quantitative estimate of drug-likeness (QED) is 0.144. The summed E-state index contributed by atoms with van der Waals surface area (Å²) in [7, 11) is 0. The molecule has 2 aromatic carbocycles. The van der Waals surface area contributed by atoms with Crippen molar-refractivity contribution in [3.63, 3.8) is 0 Å². The number of rotatable bonds is 8. The Kier molecular flexibility index (Phi) is 15.5. The van der Waals surface area contributed by atoms with Gasteiger partial charge in [0.15, 0.2) is 6.29 Å². The van der Waals surface area contributed by atoms with Crippen LogP contribution in [-0.2, 0) is 15.9 Å². The average Bonchev–Trinajstić information content (AvgIpc) is 3.06. The molecule has 4 aliphatic carbocycles. The maximum Gasteiger partial charge on any atom is 0.186 e. The first kappa shape index (κ1) is 40.2. The van der Waals surface area contributed by atoms with Gasteiger partial charge < -0.3 is 45.2 Å². The normalized spacial score (nSPS) is 30.5. The Hall–Kier alpha value is -2.56. The molecule has 9 heteroatoms. The number of aromatic hydroxyl groups is 4. The van der Waals surface area contributed by atoms with Crippen molar-refractivity contribution < 1.29 is 45.2 Å². The van der Waals surface area contributed by atoms with Gasteiger partial charge in [0.2, 0.25) is 0 Å². The van der Waals surface area contributed by atoms with Gasteiger partial charge in [-0.25, -0.2) is 0 Å². The summed E-state index contributed by atoms with van der Waals surface area (Å²) in [5.41, 5.74) is 2.69. The molecule has 0 spiro atoms. The van der Waals surface area contributed by atoms with E-state index >= 15 is 0 Å². The van der Waals surface area contributed by atoms with Crippen LogP contribution in [0, 0.1) is 11.8 Å². The molecule has 50 heavy (non-hydrogen) atoms. The molecular weight excluding hydrogens is 636 g/mol. The van der Waals surface area contributed by atoms with Crippen LogP contribution in [0.5, 0.6) is 23.0 Å². The first-order chi connectivity index (χ1) is 23.9. The molecule has 0 radical (unpaired) electrons. The third-order valence-corrected chi connectivity index (χ3v) is 11.1. The Bertz CT molecular complexity index is 1290. The van der Waals surface area contributed by atoms with Crippen molar-refractivity contribution in [1.29, 1.82) is 0 Å². The maximum atomic E-state index is 11.5. The molecule has 0 aromatic heterocycles. The zero-order chi connectivity index (χ0) is 36.4. The Balaban J connectivity index is 1.67. The second-order valence-corrected chi connectivity index (χ2v) is 15.4. The van der Waals surface area contributed by atoms with Crippen LogP contribution in [-0.4, -0.2) is 67.0 Å². The summed E-state index contributed by atoms with van der Waals surface area (Å²) in [5, 5.41) is 76.5. The first-order valence-corrected chi connectivity index (χ1v) is 19.4. The third-order valence-electron chi connectivity index (χ3n) is 11.1. The van der Waals surface area contributed by atoms with Gasteiger partial charge >= 0.3 is 0 Å². The Morgan fingerprint density at radius 3 is 1.72 bits per heavy atom. The van der Waals surface area contributed by atoms with E-state index < -0.39 is 30.7 Å². The monoisotopic (exact) mass is 700 g/mol. The van der Waals surface area contributed by atoms with E-state index in [0.29, 0.717) is 29.0 Å². The third kappa shape index (κ3) is 10.5. The predicted octanol–water partition coefficient (Wildman–Crippen LogP) is 8.20. The lowest BCUT2D eigenvalue weighted by atomic mass is 9.83. The lowest BCUT2D eigenvalue weighted by Crippen LogP contribution is -2.54. The number of benzene rings is 2. The number of hydrogen-bond donors (Lipinski definition) is 7. The molecule has 1 fully saturated rings. The number of hydrogen-bond acceptors (Lipinski definition) is 9. The fourth-order valence-electron chi connectivity index (χ4n) is 8.19. The Morgan fingerprint density at radius 2 is 1.18 bits per heavy atom. The van der Waals surface area contributed by atoms with E-state index in [1.54, 1.807) is 12.1 Å². The summed E-state index contributed by atoms with van der Waals surface area (Å²) in [6.45, 7) is 8.30. The number of aliphatic hydroxyl groups is 3. The van der Waals surface area contributed by atoms with E-state index in [4.69, 9.17) is 9.47 Å². The lowest BCUT2D eigenvalue weighted by Gasteiger charge is -2.38. The summed E-state index contributed by atoms with van der Waals surface area (Å²) in [6, 6.07) is 7.01. The largest absolute Gasteiger partial charge is 0.508 e. The number of phenolic OH excluding ortho intramolecular Hbond substituents is 4. The highest BCUT2D eigenvalue weighted by Gasteiger charge is 2.40. The predicted molar refractivity (Wildman–Crippen MR) is 195 cm³/mol. The van der Waals surface area contributed by atoms with Gasteiger partial charge in [-0.15, -0.1) is 0 Å². The average molecular weight is 701 g/mol. The van der Waals surface area contributed by atoms with Crippen molar-refractivity contribution in [2.45, 2.75) is 167 Å². The zero-order valence-electron chi connectivity index (χ0n) is 30.8. The zero-order valence-corrected chi connectivity index (χ0v) is 30.8. The highest BCUT2D eigenvalue weighted by Crippen LogP contribution is 2.45. The summed E-state index contributed by atoms with van der Waals surface area (Å²) in [5.74, 6) is 0.621. The topological polar surface area (TPSA) is 160 Å². The van der Waals surface area contributed by atoms with Crippen molar-refractivity contribution in [1.82, 2.24) is 0 Å². The van der Waals surface area contributed by atoms with Crippen molar-refractivity contribution in [3.05, 3.63) is 46.5 Å². The molecule has 0 amide bonds. The molecule has 0 saturated carbocycles. The fraction of sp³-hybridized carbons (Fsp3) is 0.707. The van der Waals surface area contributed by atoms with Crippen LogP contribution in [0.15, 0.2) is 24.3 Å². The first-order valence-electron chi connectivity index (χ1n) is 19.4. The van der Waals surface area contributed by atoms with Gasteiger partial charge in [0.25, 0.3) is 0 Å². The molecule has 9 unspecified atom stereocenters. The van der Waals surface area contributed by atoms with Crippen LogP contribution in [0.4, 0.5) is 0 Å². The summed E-state index contributed by atoms with van der Waals surface area (Å²) >= 11 is 0. The van der Waals surface area contributed by atoms with Gasteiger partial charge in [0.05, 0.1) is 12.7 Å². The van der Waals surface area contributed by atoms with E-state index in [1.807, 2.05) is 19.1 Å². The molecule has 1 saturated heterocycles. The number of phenols is 4. The maximum absolute atomic E-state index is 11.5. The summed E-state index contributed by atoms with van der Waals surface area (Å²) in [6.07, 6.45) is 7.26. The molecule has 2 aromatic rings. The van der Waals surface area contributed by atoms with Crippen LogP contribution in [0.1, 0.15) is 158 Å². The Labute approximate surface area is 299 Å². The van der Waals surface area contributed by atoms with Crippen LogP contribution in [0.25, 0.3) is 0 Å². The van der Waals surface area contributed by atoms with Crippen LogP contribution >= 0.6 is 0 Å². The Morgan fingerprint density at radius 1 is 0.680 bits per heavy atom. The molecule has 9 atom stereocenters. The molecule has 1 aliphatic heterocycles. The minimum atomic E-state index is -1.48. The van der Waals surface area contributed by atoms with Gasteiger partial charge in [-0.3, -0.25) is 0 Å². The van der Waals surface area contributed by atoms with Crippen molar-refractivity contribution in [2.75, 3.05) is 6.61 Å². The number of ether oxygens (including phenoxy) is 2. The smallest absolute Gasteiger partial charge is 0.186 e. The van der Waals surface area contributed by atoms with E-state index in [-0.39, 0.29) is 47.4 Å². The molecule has 1 heterocycles. The fourth-order valence-corrected chi connectivity index (χ4v) is 8.19. The van der Waals surface area contributed by atoms with Crippen LogP contribution in [0.2, 0.25) is 0 Å². The summed E-state index contributed by atoms with van der Waals surface area (Å²) in [4.78, 5) is 0. The van der Waals surface area contributed by atoms with Gasteiger partial charge in [0.1, 0.15) is 41.3 Å². The van der Waals surface area contributed by atoms with E-state index in [0.717, 1.165) is 95.5 Å². The highest BCUT2D eigenvalue weighted by atomic mass is 16.7. The molecule has 9 nitrogen and oxygen atoms in total. The minimum Gasteiger partial charge on any atom is -0.508 e. The van der Waals surface area contributed by atoms with Crippen molar-refractivity contribution in [3.8, 4) is 23.0 Å². The van der Waals surface area contributed by atoms with Crippen LogP contribution in [0.3, 0.4) is 0 Å².